The van der Waals surface area contributed by atoms with E-state index in [9.17, 15) is 4.39 Å². The molecular weight excluding hydrogens is 419 g/mol. The molecule has 0 spiro atoms. The van der Waals surface area contributed by atoms with Crippen LogP contribution in [0.1, 0.15) is 5.89 Å². The second kappa shape index (κ2) is 8.86. The van der Waals surface area contributed by atoms with Crippen molar-refractivity contribution in [1.29, 1.82) is 0 Å². The maximum Gasteiger partial charge on any atom is 0.237 e. The third-order valence-corrected chi connectivity index (χ3v) is 5.72. The smallest absolute Gasteiger partial charge is 0.237 e. The number of benzene rings is 2. The van der Waals surface area contributed by atoms with Crippen LogP contribution < -0.4 is 4.90 Å². The Morgan fingerprint density at radius 2 is 1.84 bits per heavy atom. The topological polar surface area (TPSA) is 82.1 Å². The number of hydrogen-bond acceptors (Lipinski definition) is 8. The minimum Gasteiger partial charge on any atom is -0.378 e. The van der Waals surface area contributed by atoms with Gasteiger partial charge in [0.05, 0.1) is 24.7 Å². The van der Waals surface area contributed by atoms with Crippen molar-refractivity contribution >= 4 is 17.7 Å². The number of nitrogens with zero attached hydrogens (tertiary/aromatic N) is 6. The van der Waals surface area contributed by atoms with Crippen molar-refractivity contribution in [3.63, 3.8) is 0 Å². The van der Waals surface area contributed by atoms with Crippen LogP contribution in [-0.2, 0) is 10.5 Å². The summed E-state index contributed by atoms with van der Waals surface area (Å²) in [7, 11) is 0. The SMILES string of the molecule is Fc1cccc(-n2c(SCc3nc(-c4ccccc4)no3)nnc2N2CCOCC2)c1. The normalized spacial score (nSPS) is 14.2. The molecule has 5 rings (SSSR count). The number of morpholine rings is 1. The molecule has 31 heavy (non-hydrogen) atoms. The summed E-state index contributed by atoms with van der Waals surface area (Å²) in [6, 6.07) is 16.0. The molecule has 10 heteroatoms. The van der Waals surface area contributed by atoms with Gasteiger partial charge < -0.3 is 14.2 Å². The number of thioether (sulfide) groups is 1. The quantitative estimate of drug-likeness (QED) is 0.423. The Morgan fingerprint density at radius 1 is 1.00 bits per heavy atom. The van der Waals surface area contributed by atoms with Gasteiger partial charge in [0.2, 0.25) is 17.7 Å². The van der Waals surface area contributed by atoms with Crippen LogP contribution in [0.25, 0.3) is 17.1 Å². The van der Waals surface area contributed by atoms with E-state index in [2.05, 4.69) is 25.2 Å². The van der Waals surface area contributed by atoms with E-state index in [0.29, 0.717) is 60.6 Å². The monoisotopic (exact) mass is 438 g/mol. The van der Waals surface area contributed by atoms with Gasteiger partial charge in [-0.3, -0.25) is 4.57 Å². The molecule has 0 bridgehead atoms. The number of anilines is 1. The molecule has 0 radical (unpaired) electrons. The fourth-order valence-electron chi connectivity index (χ4n) is 3.31. The third-order valence-electron chi connectivity index (χ3n) is 4.80. The van der Waals surface area contributed by atoms with Crippen LogP contribution in [0.5, 0.6) is 0 Å². The van der Waals surface area contributed by atoms with Crippen LogP contribution in [0.15, 0.2) is 64.3 Å². The van der Waals surface area contributed by atoms with Crippen molar-refractivity contribution in [3.8, 4) is 17.1 Å². The first-order valence-corrected chi connectivity index (χ1v) is 10.8. The molecule has 1 aliphatic heterocycles. The Morgan fingerprint density at radius 3 is 2.65 bits per heavy atom. The molecule has 0 amide bonds. The highest BCUT2D eigenvalue weighted by Crippen LogP contribution is 2.29. The zero-order valence-electron chi connectivity index (χ0n) is 16.5. The van der Waals surface area contributed by atoms with Crippen LogP contribution in [0.3, 0.4) is 0 Å². The van der Waals surface area contributed by atoms with Crippen LogP contribution in [0, 0.1) is 5.82 Å². The predicted octanol–water partition coefficient (Wildman–Crippen LogP) is 3.59. The summed E-state index contributed by atoms with van der Waals surface area (Å²) in [4.78, 5) is 6.55. The summed E-state index contributed by atoms with van der Waals surface area (Å²) in [6.07, 6.45) is 0. The molecule has 158 valence electrons. The minimum absolute atomic E-state index is 0.320. The second-order valence-corrected chi connectivity index (χ2v) is 7.81. The van der Waals surface area contributed by atoms with E-state index < -0.39 is 0 Å². The minimum atomic E-state index is -0.320. The summed E-state index contributed by atoms with van der Waals surface area (Å²) >= 11 is 1.41. The predicted molar refractivity (Wildman–Crippen MR) is 114 cm³/mol. The Kier molecular flexibility index (Phi) is 5.63. The molecule has 1 aliphatic rings. The average Bonchev–Trinajstić information content (AvgIpc) is 3.46. The summed E-state index contributed by atoms with van der Waals surface area (Å²) in [6.45, 7) is 2.62. The number of aromatic nitrogens is 5. The molecule has 1 fully saturated rings. The maximum absolute atomic E-state index is 14.0. The molecule has 8 nitrogen and oxygen atoms in total. The van der Waals surface area contributed by atoms with E-state index in [0.717, 1.165) is 5.56 Å². The standard InChI is InChI=1S/C21H19FN6O2S/c22-16-7-4-8-17(13-16)28-20(27-9-11-29-12-10-27)24-25-21(28)31-14-18-23-19(26-30-18)15-5-2-1-3-6-15/h1-8,13H,9-12,14H2. The van der Waals surface area contributed by atoms with Crippen LogP contribution in [0.4, 0.5) is 10.3 Å². The Balaban J connectivity index is 1.41. The highest BCUT2D eigenvalue weighted by Gasteiger charge is 2.22. The van der Waals surface area contributed by atoms with Crippen LogP contribution >= 0.6 is 11.8 Å². The molecule has 0 N–H and O–H groups in total. The van der Waals surface area contributed by atoms with Crippen LogP contribution in [-0.4, -0.2) is 51.2 Å². The number of halogens is 1. The first-order chi connectivity index (χ1) is 15.3. The fraction of sp³-hybridized carbons (Fsp3) is 0.238. The van der Waals surface area contributed by atoms with Gasteiger partial charge in [-0.1, -0.05) is 53.3 Å². The molecular formula is C21H19FN6O2S. The lowest BCUT2D eigenvalue weighted by molar-refractivity contribution is 0.122. The molecule has 0 atom stereocenters. The second-order valence-electron chi connectivity index (χ2n) is 6.86. The van der Waals surface area contributed by atoms with E-state index in [4.69, 9.17) is 9.26 Å². The summed E-state index contributed by atoms with van der Waals surface area (Å²) in [5.74, 6) is 1.77. The number of ether oxygens (including phenoxy) is 1. The fourth-order valence-corrected chi connectivity index (χ4v) is 4.09. The molecule has 0 aliphatic carbocycles. The Labute approximate surface area is 182 Å². The van der Waals surface area contributed by atoms with Crippen LogP contribution in [0.2, 0.25) is 0 Å². The van der Waals surface area contributed by atoms with E-state index in [-0.39, 0.29) is 5.82 Å². The highest BCUT2D eigenvalue weighted by atomic mass is 32.2. The van der Waals surface area contributed by atoms with Gasteiger partial charge in [0.25, 0.3) is 0 Å². The van der Waals surface area contributed by atoms with Crippen molar-refractivity contribution in [1.82, 2.24) is 24.9 Å². The van der Waals surface area contributed by atoms with Gasteiger partial charge in [0.15, 0.2) is 5.16 Å². The average molecular weight is 438 g/mol. The third kappa shape index (κ3) is 4.30. The lowest BCUT2D eigenvalue weighted by atomic mass is 10.2. The van der Waals surface area contributed by atoms with E-state index in [1.165, 1.54) is 23.9 Å². The Hall–Kier alpha value is -3.24. The Bertz CT molecular complexity index is 1160. The van der Waals surface area contributed by atoms with E-state index in [1.807, 2.05) is 41.0 Å². The summed E-state index contributed by atoms with van der Waals surface area (Å²) < 4.78 is 26.7. The van der Waals surface area contributed by atoms with Gasteiger partial charge >= 0.3 is 0 Å². The van der Waals surface area contributed by atoms with E-state index >= 15 is 0 Å². The largest absolute Gasteiger partial charge is 0.378 e. The summed E-state index contributed by atoms with van der Waals surface area (Å²) in [5.41, 5.74) is 1.55. The summed E-state index contributed by atoms with van der Waals surface area (Å²) in [5, 5.41) is 13.4. The van der Waals surface area contributed by atoms with Gasteiger partial charge in [0, 0.05) is 18.7 Å². The number of hydrogen-bond donors (Lipinski definition) is 0. The van der Waals surface area contributed by atoms with Crippen molar-refractivity contribution in [2.75, 3.05) is 31.2 Å². The van der Waals surface area contributed by atoms with Crippen molar-refractivity contribution < 1.29 is 13.7 Å². The lowest BCUT2D eigenvalue weighted by Crippen LogP contribution is -2.37. The molecule has 2 aromatic heterocycles. The molecule has 3 heterocycles. The lowest BCUT2D eigenvalue weighted by Gasteiger charge is -2.27. The molecule has 0 saturated carbocycles. The van der Waals surface area contributed by atoms with Crippen molar-refractivity contribution in [3.05, 3.63) is 66.3 Å². The first kappa shape index (κ1) is 19.7. The van der Waals surface area contributed by atoms with Crippen molar-refractivity contribution in [2.24, 2.45) is 0 Å². The molecule has 4 aromatic rings. The van der Waals surface area contributed by atoms with Gasteiger partial charge in [-0.2, -0.15) is 4.98 Å². The highest BCUT2D eigenvalue weighted by molar-refractivity contribution is 7.98. The van der Waals surface area contributed by atoms with Gasteiger partial charge in [0.1, 0.15) is 5.82 Å². The van der Waals surface area contributed by atoms with Crippen molar-refractivity contribution in [2.45, 2.75) is 10.9 Å². The maximum atomic E-state index is 14.0. The zero-order valence-corrected chi connectivity index (χ0v) is 17.3. The van der Waals surface area contributed by atoms with Gasteiger partial charge in [-0.25, -0.2) is 4.39 Å². The molecule has 1 saturated heterocycles. The first-order valence-electron chi connectivity index (χ1n) is 9.83. The number of rotatable bonds is 6. The van der Waals surface area contributed by atoms with Gasteiger partial charge in [-0.15, -0.1) is 10.2 Å². The molecule has 0 unspecified atom stereocenters. The van der Waals surface area contributed by atoms with Gasteiger partial charge in [-0.05, 0) is 18.2 Å². The zero-order chi connectivity index (χ0) is 21.0. The molecule has 2 aromatic carbocycles. The van der Waals surface area contributed by atoms with E-state index in [1.54, 1.807) is 6.07 Å².